The van der Waals surface area contributed by atoms with Gasteiger partial charge in [-0.1, -0.05) is 24.1 Å². The van der Waals surface area contributed by atoms with Crippen molar-refractivity contribution in [2.24, 2.45) is 4.99 Å². The van der Waals surface area contributed by atoms with Gasteiger partial charge < -0.3 is 25.2 Å². The van der Waals surface area contributed by atoms with E-state index in [-0.39, 0.29) is 29.4 Å². The lowest BCUT2D eigenvalue weighted by Gasteiger charge is -2.26. The van der Waals surface area contributed by atoms with E-state index in [1.54, 1.807) is 18.2 Å². The molecule has 3 aromatic carbocycles. The Balaban J connectivity index is 1.60. The summed E-state index contributed by atoms with van der Waals surface area (Å²) in [5.41, 5.74) is 9.47. The molecule has 4 rings (SSSR count). The SMILES string of the molecule is CNC(=O)C(=Nc1ccc(F)cc1)c1cc(C2CC2)c(N(CCOC(=O)c2ccccc2C(=O)O)SC)cc1N. The standard InChI is InChI=1S/C29H29FN4O5S/c1-32-27(35)26(33-19-11-9-18(30)10-12-19)23-15-22(17-7-8-17)25(16-24(23)31)34(40-2)13-14-39-29(38)21-6-4-3-5-20(21)28(36)37/h3-6,9-12,15-17H,7-8,13-14,31H2,1-2H3,(H,32,35)(H,36,37). The van der Waals surface area contributed by atoms with Crippen LogP contribution in [0.2, 0.25) is 0 Å². The minimum Gasteiger partial charge on any atom is -0.478 e. The van der Waals surface area contributed by atoms with Crippen LogP contribution >= 0.6 is 11.9 Å². The van der Waals surface area contributed by atoms with E-state index in [4.69, 9.17) is 10.5 Å². The first-order valence-corrected chi connectivity index (χ1v) is 13.7. The summed E-state index contributed by atoms with van der Waals surface area (Å²) in [7, 11) is 1.50. The number of aliphatic imine (C=N–C) groups is 1. The lowest BCUT2D eigenvalue weighted by atomic mass is 9.98. The number of nitrogens with one attached hydrogen (secondary N) is 1. The minimum absolute atomic E-state index is 0.00883. The Kier molecular flexibility index (Phi) is 9.05. The lowest BCUT2D eigenvalue weighted by Crippen LogP contribution is -2.29. The molecule has 0 bridgehead atoms. The summed E-state index contributed by atoms with van der Waals surface area (Å²) >= 11 is 1.42. The van der Waals surface area contributed by atoms with Gasteiger partial charge in [0.2, 0.25) is 0 Å². The number of carboxylic acid groups (broad SMARTS) is 1. The molecule has 3 aromatic rings. The van der Waals surface area contributed by atoms with Gasteiger partial charge in [0.05, 0.1) is 29.0 Å². The zero-order chi connectivity index (χ0) is 28.8. The molecule has 208 valence electrons. The fourth-order valence-corrected chi connectivity index (χ4v) is 4.83. The molecule has 1 saturated carbocycles. The van der Waals surface area contributed by atoms with Crippen molar-refractivity contribution < 1.29 is 28.6 Å². The van der Waals surface area contributed by atoms with Gasteiger partial charge in [-0.2, -0.15) is 0 Å². The second-order valence-corrected chi connectivity index (χ2v) is 9.87. The number of benzene rings is 3. The smallest absolute Gasteiger partial charge is 0.339 e. The molecule has 0 saturated heterocycles. The molecule has 0 atom stereocenters. The molecule has 1 amide bonds. The summed E-state index contributed by atoms with van der Waals surface area (Å²) in [6, 6.07) is 15.1. The third kappa shape index (κ3) is 6.60. The summed E-state index contributed by atoms with van der Waals surface area (Å²) in [5, 5.41) is 12.0. The number of nitrogen functional groups attached to an aromatic ring is 1. The number of carbonyl (C=O) groups excluding carboxylic acids is 2. The molecule has 4 N–H and O–H groups in total. The fourth-order valence-electron chi connectivity index (χ4n) is 4.22. The zero-order valence-corrected chi connectivity index (χ0v) is 22.8. The van der Waals surface area contributed by atoms with E-state index in [1.165, 1.54) is 55.4 Å². The van der Waals surface area contributed by atoms with Gasteiger partial charge in [-0.25, -0.2) is 19.0 Å². The number of aromatic carboxylic acids is 1. The highest BCUT2D eigenvalue weighted by Gasteiger charge is 2.30. The average Bonchev–Trinajstić information content (AvgIpc) is 3.80. The molecule has 1 aliphatic carbocycles. The van der Waals surface area contributed by atoms with E-state index < -0.39 is 23.7 Å². The highest BCUT2D eigenvalue weighted by molar-refractivity contribution is 7.99. The number of likely N-dealkylation sites (N-methyl/N-ethyl adjacent to an activating group) is 1. The van der Waals surface area contributed by atoms with Gasteiger partial charge in [0, 0.05) is 24.6 Å². The Hall–Kier alpha value is -4.38. The summed E-state index contributed by atoms with van der Waals surface area (Å²) < 4.78 is 20.8. The van der Waals surface area contributed by atoms with Crippen molar-refractivity contribution in [2.75, 3.05) is 36.5 Å². The highest BCUT2D eigenvalue weighted by Crippen LogP contribution is 2.47. The predicted molar refractivity (Wildman–Crippen MR) is 154 cm³/mol. The lowest BCUT2D eigenvalue weighted by molar-refractivity contribution is -0.114. The molecular formula is C29H29FN4O5S. The maximum atomic E-state index is 13.4. The molecule has 9 nitrogen and oxygen atoms in total. The monoisotopic (exact) mass is 564 g/mol. The van der Waals surface area contributed by atoms with Crippen molar-refractivity contribution in [3.63, 3.8) is 0 Å². The minimum atomic E-state index is -1.21. The Labute approximate surface area is 235 Å². The van der Waals surface area contributed by atoms with Crippen LogP contribution in [-0.4, -0.2) is 55.1 Å². The molecule has 1 aliphatic rings. The van der Waals surface area contributed by atoms with E-state index >= 15 is 0 Å². The number of amides is 1. The van der Waals surface area contributed by atoms with Crippen LogP contribution in [0, 0.1) is 5.82 Å². The number of nitrogens with two attached hydrogens (primary N) is 1. The second kappa shape index (κ2) is 12.6. The Morgan fingerprint density at radius 3 is 2.38 bits per heavy atom. The van der Waals surface area contributed by atoms with Gasteiger partial charge in [-0.3, -0.25) is 4.79 Å². The fraction of sp³-hybridized carbons (Fsp3) is 0.241. The highest BCUT2D eigenvalue weighted by atomic mass is 32.2. The molecule has 1 fully saturated rings. The van der Waals surface area contributed by atoms with Crippen molar-refractivity contribution >= 4 is 52.6 Å². The number of anilines is 2. The van der Waals surface area contributed by atoms with Crippen molar-refractivity contribution in [1.82, 2.24) is 5.32 Å². The topological polar surface area (TPSA) is 134 Å². The number of hydrogen-bond donors (Lipinski definition) is 3. The number of ether oxygens (including phenoxy) is 1. The molecule has 0 aliphatic heterocycles. The molecule has 0 heterocycles. The quantitative estimate of drug-likeness (QED) is 0.131. The van der Waals surface area contributed by atoms with Crippen molar-refractivity contribution in [3.8, 4) is 0 Å². The molecular weight excluding hydrogens is 535 g/mol. The summed E-state index contributed by atoms with van der Waals surface area (Å²) in [5.74, 6) is -2.49. The van der Waals surface area contributed by atoms with Crippen LogP contribution in [0.25, 0.3) is 0 Å². The predicted octanol–water partition coefficient (Wildman–Crippen LogP) is 4.79. The van der Waals surface area contributed by atoms with Crippen LogP contribution in [0.1, 0.15) is 50.6 Å². The number of hydrogen-bond acceptors (Lipinski definition) is 8. The molecule has 11 heteroatoms. The molecule has 0 spiro atoms. The second-order valence-electron chi connectivity index (χ2n) is 9.06. The molecule has 40 heavy (non-hydrogen) atoms. The number of carboxylic acids is 1. The first-order chi connectivity index (χ1) is 19.2. The number of halogens is 1. The summed E-state index contributed by atoms with van der Waals surface area (Å²) in [6.45, 7) is 0.321. The van der Waals surface area contributed by atoms with Gasteiger partial charge in [0.25, 0.3) is 5.91 Å². The number of esters is 1. The zero-order valence-electron chi connectivity index (χ0n) is 22.0. The van der Waals surface area contributed by atoms with Gasteiger partial charge in [0.1, 0.15) is 18.1 Å². The van der Waals surface area contributed by atoms with E-state index in [9.17, 15) is 23.9 Å². The van der Waals surface area contributed by atoms with Gasteiger partial charge in [-0.05, 0) is 72.9 Å². The van der Waals surface area contributed by atoms with Crippen LogP contribution in [0.4, 0.5) is 21.5 Å². The third-order valence-electron chi connectivity index (χ3n) is 6.37. The first-order valence-electron chi connectivity index (χ1n) is 12.5. The molecule has 0 aromatic heterocycles. The molecule has 0 unspecified atom stereocenters. The van der Waals surface area contributed by atoms with Gasteiger partial charge in [0.15, 0.2) is 0 Å². The Morgan fingerprint density at radius 1 is 1.10 bits per heavy atom. The van der Waals surface area contributed by atoms with Crippen LogP contribution in [0.5, 0.6) is 0 Å². The van der Waals surface area contributed by atoms with Crippen LogP contribution in [0.3, 0.4) is 0 Å². The summed E-state index contributed by atoms with van der Waals surface area (Å²) in [6.07, 6.45) is 3.84. The van der Waals surface area contributed by atoms with E-state index in [2.05, 4.69) is 10.3 Å². The van der Waals surface area contributed by atoms with Crippen molar-refractivity contribution in [3.05, 3.63) is 88.7 Å². The Bertz CT molecular complexity index is 1460. The van der Waals surface area contributed by atoms with Crippen molar-refractivity contribution in [1.29, 1.82) is 0 Å². The Morgan fingerprint density at radius 2 is 1.77 bits per heavy atom. The largest absolute Gasteiger partial charge is 0.478 e. The van der Waals surface area contributed by atoms with Crippen LogP contribution in [-0.2, 0) is 9.53 Å². The first kappa shape index (κ1) is 28.6. The average molecular weight is 565 g/mol. The van der Waals surface area contributed by atoms with E-state index in [0.29, 0.717) is 23.5 Å². The van der Waals surface area contributed by atoms with E-state index in [1.807, 2.05) is 16.6 Å². The normalized spacial score (nSPS) is 13.0. The third-order valence-corrected chi connectivity index (χ3v) is 7.19. The maximum Gasteiger partial charge on any atom is 0.339 e. The number of nitrogens with zero attached hydrogens (tertiary/aromatic N) is 2. The summed E-state index contributed by atoms with van der Waals surface area (Å²) in [4.78, 5) is 41.3. The molecule has 0 radical (unpaired) electrons. The van der Waals surface area contributed by atoms with Crippen LogP contribution in [0.15, 0.2) is 65.7 Å². The van der Waals surface area contributed by atoms with Gasteiger partial charge >= 0.3 is 11.9 Å². The number of carbonyl (C=O) groups is 3. The van der Waals surface area contributed by atoms with Crippen molar-refractivity contribution in [2.45, 2.75) is 18.8 Å². The van der Waals surface area contributed by atoms with Gasteiger partial charge in [-0.15, -0.1) is 0 Å². The van der Waals surface area contributed by atoms with E-state index in [0.717, 1.165) is 24.1 Å². The van der Waals surface area contributed by atoms with Crippen LogP contribution < -0.4 is 15.4 Å². The number of rotatable bonds is 11. The maximum absolute atomic E-state index is 13.4.